The number of ether oxygens (including phenoxy) is 1. The van der Waals surface area contributed by atoms with Crippen LogP contribution >= 0.6 is 0 Å². The molecule has 0 N–H and O–H groups in total. The fourth-order valence-electron chi connectivity index (χ4n) is 2.31. The van der Waals surface area contributed by atoms with Crippen LogP contribution in [0.1, 0.15) is 31.9 Å². The second-order valence-electron chi connectivity index (χ2n) is 5.05. The number of aryl methyl sites for hydroxylation is 1. The van der Waals surface area contributed by atoms with Gasteiger partial charge < -0.3 is 9.15 Å². The summed E-state index contributed by atoms with van der Waals surface area (Å²) < 4.78 is 10.9. The van der Waals surface area contributed by atoms with E-state index in [4.69, 9.17) is 9.15 Å². The minimum absolute atomic E-state index is 0.305. The van der Waals surface area contributed by atoms with E-state index in [0.717, 1.165) is 28.7 Å². The lowest BCUT2D eigenvalue weighted by Gasteiger charge is -2.11. The van der Waals surface area contributed by atoms with Gasteiger partial charge in [-0.3, -0.25) is 0 Å². The summed E-state index contributed by atoms with van der Waals surface area (Å²) in [7, 11) is 1.63. The summed E-state index contributed by atoms with van der Waals surface area (Å²) >= 11 is 0. The van der Waals surface area contributed by atoms with E-state index in [-0.39, 0.29) is 5.63 Å². The topological polar surface area (TPSA) is 39.4 Å². The lowest BCUT2D eigenvalue weighted by Crippen LogP contribution is -2.03. The predicted octanol–water partition coefficient (Wildman–Crippen LogP) is 3.87. The molecule has 0 aliphatic heterocycles. The van der Waals surface area contributed by atoms with Crippen molar-refractivity contribution in [3.05, 3.63) is 51.4 Å². The summed E-state index contributed by atoms with van der Waals surface area (Å²) in [5.41, 5.74) is 3.50. The largest absolute Gasteiger partial charge is 0.496 e. The van der Waals surface area contributed by atoms with Gasteiger partial charge in [0.1, 0.15) is 11.3 Å². The molecule has 0 unspecified atom stereocenters. The Morgan fingerprint density at radius 2 is 2.10 bits per heavy atom. The number of allylic oxidation sites excluding steroid dienone is 2. The first-order chi connectivity index (χ1) is 9.56. The average molecular weight is 272 g/mol. The Morgan fingerprint density at radius 1 is 1.35 bits per heavy atom. The van der Waals surface area contributed by atoms with E-state index in [0.29, 0.717) is 12.0 Å². The lowest BCUT2D eigenvalue weighted by molar-refractivity contribution is 0.409. The molecule has 1 aromatic carbocycles. The van der Waals surface area contributed by atoms with Gasteiger partial charge in [0.25, 0.3) is 0 Å². The van der Waals surface area contributed by atoms with Gasteiger partial charge in [-0.15, -0.1) is 0 Å². The fraction of sp³-hybridized carbons (Fsp3) is 0.353. The Bertz CT molecular complexity index is 704. The predicted molar refractivity (Wildman–Crippen MR) is 81.5 cm³/mol. The molecule has 3 nitrogen and oxygen atoms in total. The van der Waals surface area contributed by atoms with Crippen molar-refractivity contribution in [1.82, 2.24) is 0 Å². The molecule has 0 aliphatic carbocycles. The summed E-state index contributed by atoms with van der Waals surface area (Å²) in [6, 6.07) is 5.47. The SMILES string of the molecule is CCc1cc(=O)oc2c(CC=C(C)C)c(OC)ccc12. The van der Waals surface area contributed by atoms with E-state index in [1.54, 1.807) is 13.2 Å². The Hall–Kier alpha value is -2.03. The maximum Gasteiger partial charge on any atom is 0.336 e. The molecule has 1 heterocycles. The normalized spacial score (nSPS) is 10.6. The van der Waals surface area contributed by atoms with E-state index in [1.165, 1.54) is 5.57 Å². The highest BCUT2D eigenvalue weighted by Gasteiger charge is 2.13. The summed E-state index contributed by atoms with van der Waals surface area (Å²) in [6.07, 6.45) is 3.60. The van der Waals surface area contributed by atoms with Gasteiger partial charge in [-0.2, -0.15) is 0 Å². The summed E-state index contributed by atoms with van der Waals surface area (Å²) in [5.74, 6) is 0.756. The zero-order valence-electron chi connectivity index (χ0n) is 12.4. The first-order valence-electron chi connectivity index (χ1n) is 6.82. The van der Waals surface area contributed by atoms with Gasteiger partial charge in [0.15, 0.2) is 0 Å². The molecule has 106 valence electrons. The number of hydrogen-bond acceptors (Lipinski definition) is 3. The molecular formula is C17H20O3. The van der Waals surface area contributed by atoms with Crippen molar-refractivity contribution in [2.24, 2.45) is 0 Å². The molecular weight excluding hydrogens is 252 g/mol. The molecule has 20 heavy (non-hydrogen) atoms. The molecule has 0 saturated carbocycles. The van der Waals surface area contributed by atoms with Gasteiger partial charge in [0.2, 0.25) is 0 Å². The van der Waals surface area contributed by atoms with Crippen molar-refractivity contribution >= 4 is 11.0 Å². The molecule has 2 rings (SSSR count). The van der Waals surface area contributed by atoms with Crippen molar-refractivity contribution < 1.29 is 9.15 Å². The van der Waals surface area contributed by atoms with E-state index >= 15 is 0 Å². The third-order valence-corrected chi connectivity index (χ3v) is 3.37. The monoisotopic (exact) mass is 272 g/mol. The van der Waals surface area contributed by atoms with Crippen molar-refractivity contribution in [1.29, 1.82) is 0 Å². The zero-order chi connectivity index (χ0) is 14.7. The maximum atomic E-state index is 11.7. The molecule has 0 saturated heterocycles. The van der Waals surface area contributed by atoms with Crippen LogP contribution in [-0.2, 0) is 12.8 Å². The molecule has 0 bridgehead atoms. The average Bonchev–Trinajstić information content (AvgIpc) is 2.43. The smallest absolute Gasteiger partial charge is 0.336 e. The number of methoxy groups -OCH3 is 1. The van der Waals surface area contributed by atoms with Crippen LogP contribution < -0.4 is 10.4 Å². The summed E-state index contributed by atoms with van der Waals surface area (Å²) in [5, 5.41) is 0.991. The van der Waals surface area contributed by atoms with Crippen LogP contribution in [0.5, 0.6) is 5.75 Å². The number of benzene rings is 1. The molecule has 3 heteroatoms. The second kappa shape index (κ2) is 5.95. The van der Waals surface area contributed by atoms with Gasteiger partial charge in [0, 0.05) is 17.0 Å². The third-order valence-electron chi connectivity index (χ3n) is 3.37. The van der Waals surface area contributed by atoms with Gasteiger partial charge in [0.05, 0.1) is 7.11 Å². The van der Waals surface area contributed by atoms with Crippen molar-refractivity contribution in [3.63, 3.8) is 0 Å². The summed E-state index contributed by atoms with van der Waals surface area (Å²) in [6.45, 7) is 6.13. The standard InChI is InChI=1S/C17H20O3/c1-5-12-10-16(18)20-17-13(12)8-9-15(19-4)14(17)7-6-11(2)3/h6,8-10H,5,7H2,1-4H3. The van der Waals surface area contributed by atoms with E-state index < -0.39 is 0 Å². The highest BCUT2D eigenvalue weighted by atomic mass is 16.5. The van der Waals surface area contributed by atoms with Crippen molar-refractivity contribution in [2.75, 3.05) is 7.11 Å². The first kappa shape index (κ1) is 14.4. The van der Waals surface area contributed by atoms with E-state index in [2.05, 4.69) is 6.08 Å². The molecule has 0 fully saturated rings. The van der Waals surface area contributed by atoms with E-state index in [9.17, 15) is 4.79 Å². The van der Waals surface area contributed by atoms with Crippen LogP contribution in [0.25, 0.3) is 11.0 Å². The fourth-order valence-corrected chi connectivity index (χ4v) is 2.31. The highest BCUT2D eigenvalue weighted by Crippen LogP contribution is 2.30. The van der Waals surface area contributed by atoms with Crippen LogP contribution in [0.3, 0.4) is 0 Å². The highest BCUT2D eigenvalue weighted by molar-refractivity contribution is 5.85. The first-order valence-corrected chi connectivity index (χ1v) is 6.82. The Kier molecular flexibility index (Phi) is 4.28. The maximum absolute atomic E-state index is 11.7. The minimum atomic E-state index is -0.305. The molecule has 0 radical (unpaired) electrons. The summed E-state index contributed by atoms with van der Waals surface area (Å²) in [4.78, 5) is 11.7. The van der Waals surface area contributed by atoms with Crippen molar-refractivity contribution in [3.8, 4) is 5.75 Å². The quantitative estimate of drug-likeness (QED) is 0.626. The van der Waals surface area contributed by atoms with Gasteiger partial charge >= 0.3 is 5.63 Å². The number of rotatable bonds is 4. The number of fused-ring (bicyclic) bond motifs is 1. The molecule has 0 amide bonds. The Labute approximate surface area is 118 Å². The van der Waals surface area contributed by atoms with Crippen LogP contribution in [0, 0.1) is 0 Å². The Balaban J connectivity index is 2.76. The van der Waals surface area contributed by atoms with Crippen LogP contribution in [-0.4, -0.2) is 7.11 Å². The minimum Gasteiger partial charge on any atom is -0.496 e. The van der Waals surface area contributed by atoms with Crippen LogP contribution in [0.4, 0.5) is 0 Å². The molecule has 0 aliphatic rings. The molecule has 0 atom stereocenters. The van der Waals surface area contributed by atoms with Crippen LogP contribution in [0.2, 0.25) is 0 Å². The lowest BCUT2D eigenvalue weighted by atomic mass is 10.0. The molecule has 1 aromatic heterocycles. The van der Waals surface area contributed by atoms with Gasteiger partial charge in [-0.1, -0.05) is 18.6 Å². The van der Waals surface area contributed by atoms with E-state index in [1.807, 2.05) is 32.9 Å². The second-order valence-corrected chi connectivity index (χ2v) is 5.05. The van der Waals surface area contributed by atoms with Gasteiger partial charge in [-0.25, -0.2) is 4.79 Å². The third kappa shape index (κ3) is 2.77. The van der Waals surface area contributed by atoms with Gasteiger partial charge in [-0.05, 0) is 44.4 Å². The molecule has 0 spiro atoms. The Morgan fingerprint density at radius 3 is 2.70 bits per heavy atom. The molecule has 2 aromatic rings. The zero-order valence-corrected chi connectivity index (χ0v) is 12.4. The number of hydrogen-bond donors (Lipinski definition) is 0. The van der Waals surface area contributed by atoms with Crippen molar-refractivity contribution in [2.45, 2.75) is 33.6 Å². The van der Waals surface area contributed by atoms with Crippen LogP contribution in [0.15, 0.2) is 39.1 Å².